The molecular weight excluding hydrogens is 435 g/mol. The number of aryl methyl sites for hydroxylation is 1. The third kappa shape index (κ3) is 3.95. The van der Waals surface area contributed by atoms with Crippen molar-refractivity contribution in [1.29, 1.82) is 0 Å². The number of ether oxygens (including phenoxy) is 1. The number of carbonyl (C=O) groups is 1. The van der Waals surface area contributed by atoms with Crippen molar-refractivity contribution in [3.63, 3.8) is 0 Å². The Morgan fingerprint density at radius 1 is 1.19 bits per heavy atom. The number of aromatic nitrogens is 4. The number of hydrogen-bond acceptors (Lipinski definition) is 5. The van der Waals surface area contributed by atoms with Gasteiger partial charge in [-0.15, -0.1) is 0 Å². The third-order valence-electron chi connectivity index (χ3n) is 4.79. The van der Waals surface area contributed by atoms with Gasteiger partial charge >= 0.3 is 6.18 Å². The molecule has 1 aliphatic rings. The average Bonchev–Trinajstić information content (AvgIpc) is 3.09. The van der Waals surface area contributed by atoms with E-state index in [1.54, 1.807) is 45.0 Å². The first-order valence-corrected chi connectivity index (χ1v) is 9.60. The highest BCUT2D eigenvalue weighted by Crippen LogP contribution is 2.37. The minimum Gasteiger partial charge on any atom is -0.472 e. The molecule has 7 nitrogen and oxygen atoms in total. The second-order valence-electron chi connectivity index (χ2n) is 7.58. The van der Waals surface area contributed by atoms with Crippen LogP contribution in [0.4, 0.5) is 19.0 Å². The molecule has 11 heteroatoms. The molecule has 1 amide bonds. The molecule has 1 aliphatic heterocycles. The van der Waals surface area contributed by atoms with Gasteiger partial charge in [-0.2, -0.15) is 23.3 Å². The molecule has 4 rings (SSSR count). The van der Waals surface area contributed by atoms with Crippen LogP contribution in [0.25, 0.3) is 5.69 Å². The van der Waals surface area contributed by atoms with Gasteiger partial charge in [0, 0.05) is 5.69 Å². The van der Waals surface area contributed by atoms with E-state index in [4.69, 9.17) is 16.3 Å². The van der Waals surface area contributed by atoms with E-state index in [0.29, 0.717) is 17.1 Å². The fraction of sp³-hybridized carbons (Fsp3) is 0.300. The lowest BCUT2D eigenvalue weighted by Gasteiger charge is -2.37. The van der Waals surface area contributed by atoms with Crippen LogP contribution in [0.2, 0.25) is 5.28 Å². The number of halogens is 4. The lowest BCUT2D eigenvalue weighted by Crippen LogP contribution is -2.52. The molecule has 3 aromatic rings. The van der Waals surface area contributed by atoms with Gasteiger partial charge in [0.25, 0.3) is 5.91 Å². The van der Waals surface area contributed by atoms with E-state index in [9.17, 15) is 18.0 Å². The fourth-order valence-corrected chi connectivity index (χ4v) is 3.42. The number of amides is 1. The molecule has 3 heterocycles. The predicted octanol–water partition coefficient (Wildman–Crippen LogP) is 4.35. The molecule has 0 aliphatic carbocycles. The summed E-state index contributed by atoms with van der Waals surface area (Å²) in [6.07, 6.45) is -3.11. The number of carbonyl (C=O) groups excluding carboxylic acids is 1. The van der Waals surface area contributed by atoms with Gasteiger partial charge in [-0.3, -0.25) is 9.69 Å². The molecule has 0 fully saturated rings. The number of anilines is 1. The van der Waals surface area contributed by atoms with E-state index >= 15 is 0 Å². The first-order valence-electron chi connectivity index (χ1n) is 9.22. The lowest BCUT2D eigenvalue weighted by molar-refractivity contribution is -0.141. The second kappa shape index (κ2) is 7.23. The normalized spacial score (nSPS) is 15.6. The van der Waals surface area contributed by atoms with Gasteiger partial charge in [0.2, 0.25) is 5.28 Å². The van der Waals surface area contributed by atoms with Crippen molar-refractivity contribution in [3.8, 4) is 11.4 Å². The van der Waals surface area contributed by atoms with Crippen molar-refractivity contribution in [3.05, 3.63) is 58.8 Å². The lowest BCUT2D eigenvalue weighted by atomic mass is 10.0. The molecule has 0 spiro atoms. The zero-order valence-electron chi connectivity index (χ0n) is 16.7. The Morgan fingerprint density at radius 3 is 2.48 bits per heavy atom. The van der Waals surface area contributed by atoms with Crippen molar-refractivity contribution in [2.24, 2.45) is 0 Å². The summed E-state index contributed by atoms with van der Waals surface area (Å²) in [6.45, 7) is 4.99. The van der Waals surface area contributed by atoms with Crippen molar-refractivity contribution < 1.29 is 22.7 Å². The molecule has 1 aromatic carbocycles. The van der Waals surface area contributed by atoms with Gasteiger partial charge in [0.1, 0.15) is 0 Å². The number of rotatable bonds is 3. The summed E-state index contributed by atoms with van der Waals surface area (Å²) in [5, 5.41) is 3.62. The summed E-state index contributed by atoms with van der Waals surface area (Å²) in [5.41, 5.74) is -0.522. The first-order chi connectivity index (χ1) is 14.5. The molecule has 0 N–H and O–H groups in total. The first kappa shape index (κ1) is 21.1. The molecule has 0 saturated heterocycles. The van der Waals surface area contributed by atoms with Gasteiger partial charge in [-0.25, -0.2) is 9.67 Å². The fourth-order valence-electron chi connectivity index (χ4n) is 3.29. The van der Waals surface area contributed by atoms with Crippen LogP contribution in [-0.4, -0.2) is 31.3 Å². The van der Waals surface area contributed by atoms with E-state index in [0.717, 1.165) is 11.6 Å². The van der Waals surface area contributed by atoms with E-state index in [1.807, 2.05) is 0 Å². The Bertz CT molecular complexity index is 1160. The molecule has 0 bridgehead atoms. The highest BCUT2D eigenvalue weighted by molar-refractivity contribution is 6.28. The predicted molar refractivity (Wildman–Crippen MR) is 106 cm³/mol. The summed E-state index contributed by atoms with van der Waals surface area (Å²) in [7, 11) is 0. The van der Waals surface area contributed by atoms with E-state index in [2.05, 4.69) is 15.1 Å². The van der Waals surface area contributed by atoms with E-state index < -0.39 is 17.5 Å². The molecule has 0 saturated carbocycles. The topological polar surface area (TPSA) is 73.1 Å². The SMILES string of the molecule is Cc1cc(C(F)(F)F)nn1-c1ccc(CN2C(=O)C(C)(C)Oc3cnc(Cl)nc32)cc1. The Balaban J connectivity index is 1.63. The van der Waals surface area contributed by atoms with Crippen LogP contribution in [0.3, 0.4) is 0 Å². The highest BCUT2D eigenvalue weighted by Gasteiger charge is 2.42. The number of fused-ring (bicyclic) bond motifs is 1. The van der Waals surface area contributed by atoms with Crippen molar-refractivity contribution in [1.82, 2.24) is 19.7 Å². The summed E-state index contributed by atoms with van der Waals surface area (Å²) >= 11 is 5.90. The van der Waals surface area contributed by atoms with Crippen molar-refractivity contribution in [2.45, 2.75) is 39.1 Å². The van der Waals surface area contributed by atoms with Gasteiger partial charge < -0.3 is 4.74 Å². The molecule has 162 valence electrons. The van der Waals surface area contributed by atoms with Gasteiger partial charge in [0.15, 0.2) is 22.9 Å². The Labute approximate surface area is 180 Å². The average molecular weight is 452 g/mol. The van der Waals surface area contributed by atoms with E-state index in [-0.39, 0.29) is 23.6 Å². The number of hydrogen-bond donors (Lipinski definition) is 0. The van der Waals surface area contributed by atoms with E-state index in [1.165, 1.54) is 15.8 Å². The minimum atomic E-state index is -4.52. The van der Waals surface area contributed by atoms with Crippen LogP contribution >= 0.6 is 11.6 Å². The Kier molecular flexibility index (Phi) is 4.92. The quantitative estimate of drug-likeness (QED) is 0.554. The smallest absolute Gasteiger partial charge is 0.435 e. The minimum absolute atomic E-state index is 0.0233. The summed E-state index contributed by atoms with van der Waals surface area (Å²) in [4.78, 5) is 22.4. The van der Waals surface area contributed by atoms with Crippen LogP contribution in [-0.2, 0) is 17.5 Å². The van der Waals surface area contributed by atoms with Crippen LogP contribution in [0.5, 0.6) is 5.75 Å². The highest BCUT2D eigenvalue weighted by atomic mass is 35.5. The Morgan fingerprint density at radius 2 is 1.87 bits per heavy atom. The summed E-state index contributed by atoms with van der Waals surface area (Å²) in [5.74, 6) is 0.278. The van der Waals surface area contributed by atoms with Crippen LogP contribution in [0, 0.1) is 6.92 Å². The molecule has 0 radical (unpaired) electrons. The van der Waals surface area contributed by atoms with Crippen molar-refractivity contribution >= 4 is 23.3 Å². The molecule has 31 heavy (non-hydrogen) atoms. The monoisotopic (exact) mass is 451 g/mol. The largest absolute Gasteiger partial charge is 0.472 e. The zero-order chi connectivity index (χ0) is 22.6. The third-order valence-corrected chi connectivity index (χ3v) is 4.97. The molecular formula is C20H17ClF3N5O2. The van der Waals surface area contributed by atoms with Gasteiger partial charge in [-0.05, 0) is 56.1 Å². The maximum absolute atomic E-state index is 12.9. The van der Waals surface area contributed by atoms with Crippen LogP contribution in [0.1, 0.15) is 30.8 Å². The van der Waals surface area contributed by atoms with Gasteiger partial charge in [-0.1, -0.05) is 12.1 Å². The number of alkyl halides is 3. The maximum Gasteiger partial charge on any atom is 0.435 e. The molecule has 2 aromatic heterocycles. The van der Waals surface area contributed by atoms with Gasteiger partial charge in [0.05, 0.1) is 18.4 Å². The zero-order valence-corrected chi connectivity index (χ0v) is 17.5. The second-order valence-corrected chi connectivity index (χ2v) is 7.92. The summed E-state index contributed by atoms with van der Waals surface area (Å²) < 4.78 is 45.7. The standard InChI is InChI=1S/C20H17ClF3N5O2/c1-11-8-15(20(22,23)24)27-29(11)13-6-4-12(5-7-13)10-28-16-14(9-25-18(21)26-16)31-19(2,3)17(28)30/h4-9H,10H2,1-3H3. The summed E-state index contributed by atoms with van der Waals surface area (Å²) in [6, 6.07) is 7.69. The number of benzene rings is 1. The molecule has 0 unspecified atom stereocenters. The Hall–Kier alpha value is -3.14. The van der Waals surface area contributed by atoms with Crippen molar-refractivity contribution in [2.75, 3.05) is 4.90 Å². The van der Waals surface area contributed by atoms with Crippen LogP contribution < -0.4 is 9.64 Å². The maximum atomic E-state index is 12.9. The molecule has 0 atom stereocenters. The van der Waals surface area contributed by atoms with Crippen LogP contribution in [0.15, 0.2) is 36.5 Å². The number of nitrogens with zero attached hydrogens (tertiary/aromatic N) is 5.